The summed E-state index contributed by atoms with van der Waals surface area (Å²) >= 11 is 0. The first kappa shape index (κ1) is 32.1. The SMILES string of the molecule is CC(C)[C@H](NCO)C(=O)N[C@@H](C)C(=O)N1CCC[C@@H](C(=O)O[C@H](C)c2ccc3ccc(/C=C/C[C@H](C)O)cc3n2)N1. The van der Waals surface area contributed by atoms with Crippen molar-refractivity contribution in [3.05, 3.63) is 47.7 Å². The van der Waals surface area contributed by atoms with Crippen LogP contribution in [0.3, 0.4) is 0 Å². The van der Waals surface area contributed by atoms with Crippen LogP contribution in [0.2, 0.25) is 0 Å². The summed E-state index contributed by atoms with van der Waals surface area (Å²) in [6.45, 7) is 8.79. The molecule has 0 saturated carbocycles. The van der Waals surface area contributed by atoms with Crippen LogP contribution in [0.5, 0.6) is 0 Å². The molecule has 1 aliphatic heterocycles. The molecule has 1 fully saturated rings. The van der Waals surface area contributed by atoms with Gasteiger partial charge in [-0.25, -0.2) is 10.4 Å². The number of rotatable bonds is 12. The number of amides is 2. The van der Waals surface area contributed by atoms with Crippen molar-refractivity contribution in [2.45, 2.75) is 84.2 Å². The highest BCUT2D eigenvalue weighted by Crippen LogP contribution is 2.22. The second-order valence-electron chi connectivity index (χ2n) is 10.9. The van der Waals surface area contributed by atoms with Crippen molar-refractivity contribution >= 4 is 34.8 Å². The van der Waals surface area contributed by atoms with Gasteiger partial charge in [0, 0.05) is 11.9 Å². The lowest BCUT2D eigenvalue weighted by Crippen LogP contribution is -2.60. The number of aliphatic hydroxyl groups is 2. The lowest BCUT2D eigenvalue weighted by Gasteiger charge is -2.35. The minimum atomic E-state index is -0.834. The van der Waals surface area contributed by atoms with Gasteiger partial charge < -0.3 is 20.3 Å². The second kappa shape index (κ2) is 15.0. The molecule has 1 aromatic heterocycles. The van der Waals surface area contributed by atoms with E-state index < -0.39 is 36.3 Å². The Morgan fingerprint density at radius 3 is 2.59 bits per heavy atom. The fraction of sp³-hybridized carbons (Fsp3) is 0.533. The lowest BCUT2D eigenvalue weighted by atomic mass is 10.0. The predicted octanol–water partition coefficient (Wildman–Crippen LogP) is 2.19. The normalized spacial score (nSPS) is 18.7. The van der Waals surface area contributed by atoms with Crippen LogP contribution in [0.1, 0.15) is 71.2 Å². The molecule has 2 aromatic rings. The number of benzene rings is 1. The van der Waals surface area contributed by atoms with Crippen LogP contribution in [0.15, 0.2) is 36.4 Å². The minimum Gasteiger partial charge on any atom is -0.455 e. The molecule has 224 valence electrons. The van der Waals surface area contributed by atoms with Crippen LogP contribution >= 0.6 is 0 Å². The highest BCUT2D eigenvalue weighted by molar-refractivity contribution is 5.90. The van der Waals surface area contributed by atoms with Crippen molar-refractivity contribution in [3.8, 4) is 0 Å². The lowest BCUT2D eigenvalue weighted by molar-refractivity contribution is -0.157. The maximum atomic E-state index is 13.0. The van der Waals surface area contributed by atoms with Crippen molar-refractivity contribution < 1.29 is 29.3 Å². The number of hydrazine groups is 1. The standard InChI is InChI=1S/C30H43N5O6/c1-18(2)27(31-17-36)28(38)32-20(4)29(39)35-15-7-10-25(34-35)30(40)41-21(5)24-14-13-23-12-11-22(16-26(23)33-24)9-6-8-19(3)37/h6,9,11-14,16,18-21,25,27,31,34,36-37H,7-8,10,15,17H2,1-5H3,(H,32,38)/b9-6+/t19-,20-,21+,25-,27-/m0/s1. The quantitative estimate of drug-likeness (QED) is 0.191. The smallest absolute Gasteiger partial charge is 0.325 e. The molecule has 2 heterocycles. The van der Waals surface area contributed by atoms with Gasteiger partial charge in [0.1, 0.15) is 18.2 Å². The molecule has 41 heavy (non-hydrogen) atoms. The molecule has 1 aliphatic rings. The van der Waals surface area contributed by atoms with E-state index >= 15 is 0 Å². The van der Waals surface area contributed by atoms with E-state index in [1.807, 2.05) is 56.3 Å². The summed E-state index contributed by atoms with van der Waals surface area (Å²) in [6, 6.07) is 7.46. The van der Waals surface area contributed by atoms with Crippen molar-refractivity contribution in [2.75, 3.05) is 13.3 Å². The van der Waals surface area contributed by atoms with Gasteiger partial charge in [0.05, 0.1) is 30.1 Å². The number of carbonyl (C=O) groups excluding carboxylic acids is 3. The van der Waals surface area contributed by atoms with E-state index in [-0.39, 0.29) is 24.5 Å². The number of ether oxygens (including phenoxy) is 1. The third-order valence-electron chi connectivity index (χ3n) is 6.96. The Kier molecular flexibility index (Phi) is 11.8. The van der Waals surface area contributed by atoms with E-state index in [9.17, 15) is 19.5 Å². The molecule has 5 N–H and O–H groups in total. The first-order valence-electron chi connectivity index (χ1n) is 14.2. The van der Waals surface area contributed by atoms with Gasteiger partial charge in [-0.3, -0.25) is 24.7 Å². The van der Waals surface area contributed by atoms with E-state index in [0.717, 1.165) is 16.5 Å². The van der Waals surface area contributed by atoms with Crippen LogP contribution in [0.25, 0.3) is 17.0 Å². The van der Waals surface area contributed by atoms with Gasteiger partial charge >= 0.3 is 5.97 Å². The fourth-order valence-electron chi connectivity index (χ4n) is 4.64. The summed E-state index contributed by atoms with van der Waals surface area (Å²) in [7, 11) is 0. The van der Waals surface area contributed by atoms with Gasteiger partial charge in [0.15, 0.2) is 0 Å². The Morgan fingerprint density at radius 1 is 1.17 bits per heavy atom. The third-order valence-corrected chi connectivity index (χ3v) is 6.96. The summed E-state index contributed by atoms with van der Waals surface area (Å²) in [5, 5.41) is 26.3. The average molecular weight is 570 g/mol. The number of aliphatic hydroxyl groups excluding tert-OH is 2. The molecule has 11 heteroatoms. The van der Waals surface area contributed by atoms with Gasteiger partial charge in [-0.2, -0.15) is 0 Å². The van der Waals surface area contributed by atoms with Crippen LogP contribution < -0.4 is 16.1 Å². The summed E-state index contributed by atoms with van der Waals surface area (Å²) in [4.78, 5) is 43.4. The van der Waals surface area contributed by atoms with E-state index in [0.29, 0.717) is 31.5 Å². The van der Waals surface area contributed by atoms with E-state index in [1.54, 1.807) is 20.8 Å². The van der Waals surface area contributed by atoms with E-state index in [1.165, 1.54) is 5.01 Å². The molecule has 1 saturated heterocycles. The summed E-state index contributed by atoms with van der Waals surface area (Å²) in [5.41, 5.74) is 5.29. The number of nitrogens with zero attached hydrogens (tertiary/aromatic N) is 2. The molecule has 5 atom stereocenters. The summed E-state index contributed by atoms with van der Waals surface area (Å²) in [6.07, 6.45) is 4.48. The van der Waals surface area contributed by atoms with Gasteiger partial charge in [0.2, 0.25) is 5.91 Å². The Balaban J connectivity index is 1.60. The average Bonchev–Trinajstić information content (AvgIpc) is 2.94. The zero-order chi connectivity index (χ0) is 30.1. The van der Waals surface area contributed by atoms with Gasteiger partial charge in [0.25, 0.3) is 5.91 Å². The molecule has 0 spiro atoms. The highest BCUT2D eigenvalue weighted by Gasteiger charge is 2.33. The van der Waals surface area contributed by atoms with Gasteiger partial charge in [-0.1, -0.05) is 44.2 Å². The molecule has 3 rings (SSSR count). The summed E-state index contributed by atoms with van der Waals surface area (Å²) < 4.78 is 5.74. The van der Waals surface area contributed by atoms with Gasteiger partial charge in [-0.15, -0.1) is 0 Å². The number of fused-ring (bicyclic) bond motifs is 1. The molecule has 0 bridgehead atoms. The predicted molar refractivity (Wildman–Crippen MR) is 156 cm³/mol. The Labute approximate surface area is 241 Å². The molecular weight excluding hydrogens is 526 g/mol. The van der Waals surface area contributed by atoms with Crippen molar-refractivity contribution in [3.63, 3.8) is 0 Å². The number of carbonyl (C=O) groups is 3. The number of hydrogen-bond donors (Lipinski definition) is 5. The first-order chi connectivity index (χ1) is 19.5. The van der Waals surface area contributed by atoms with Crippen molar-refractivity contribution in [1.29, 1.82) is 0 Å². The Bertz CT molecular complexity index is 1230. The topological polar surface area (TPSA) is 153 Å². The molecular formula is C30H43N5O6. The number of nitrogens with one attached hydrogen (secondary N) is 3. The Hall–Kier alpha value is -3.38. The van der Waals surface area contributed by atoms with Crippen molar-refractivity contribution in [1.82, 2.24) is 26.1 Å². The molecule has 0 radical (unpaired) electrons. The maximum absolute atomic E-state index is 13.0. The molecule has 11 nitrogen and oxygen atoms in total. The van der Waals surface area contributed by atoms with Crippen LogP contribution in [0, 0.1) is 5.92 Å². The maximum Gasteiger partial charge on any atom is 0.325 e. The molecule has 0 aliphatic carbocycles. The van der Waals surface area contributed by atoms with E-state index in [4.69, 9.17) is 14.8 Å². The number of aromatic nitrogens is 1. The third kappa shape index (κ3) is 9.06. The highest BCUT2D eigenvalue weighted by atomic mass is 16.5. The largest absolute Gasteiger partial charge is 0.455 e. The van der Waals surface area contributed by atoms with Crippen molar-refractivity contribution in [2.24, 2.45) is 5.92 Å². The van der Waals surface area contributed by atoms with Crippen LogP contribution in [0.4, 0.5) is 0 Å². The van der Waals surface area contributed by atoms with Crippen LogP contribution in [-0.4, -0.2) is 75.5 Å². The molecule has 2 amide bonds. The minimum absolute atomic E-state index is 0.0875. The molecule has 1 aromatic carbocycles. The number of pyridine rings is 1. The Morgan fingerprint density at radius 2 is 1.90 bits per heavy atom. The summed E-state index contributed by atoms with van der Waals surface area (Å²) in [5.74, 6) is -1.33. The van der Waals surface area contributed by atoms with E-state index in [2.05, 4.69) is 16.1 Å². The zero-order valence-electron chi connectivity index (χ0n) is 24.5. The fourth-order valence-corrected chi connectivity index (χ4v) is 4.64. The molecule has 0 unspecified atom stereocenters. The monoisotopic (exact) mass is 569 g/mol. The van der Waals surface area contributed by atoms with Gasteiger partial charge in [-0.05, 0) is 63.6 Å². The first-order valence-corrected chi connectivity index (χ1v) is 14.2. The number of hydrogen-bond acceptors (Lipinski definition) is 9. The number of esters is 1. The zero-order valence-corrected chi connectivity index (χ0v) is 24.5. The van der Waals surface area contributed by atoms with Crippen LogP contribution in [-0.2, 0) is 19.1 Å². The second-order valence-corrected chi connectivity index (χ2v) is 10.9.